The number of primary amides is 1. The number of likely N-dealkylation sites (N-methyl/N-ethyl adjacent to an activating group) is 1. The molecule has 6 N–H and O–H groups in total. The number of benzene rings is 1. The van der Waals surface area contributed by atoms with Gasteiger partial charge in [0.2, 0.25) is 5.78 Å². The maximum Gasteiger partial charge on any atom is 0.255 e. The normalized spacial score (nSPS) is 30.6. The highest BCUT2D eigenvalue weighted by Gasteiger charge is 2.63. The lowest BCUT2D eigenvalue weighted by molar-refractivity contribution is -0.148. The first-order valence-corrected chi connectivity index (χ1v) is 13.6. The van der Waals surface area contributed by atoms with Crippen molar-refractivity contribution in [2.45, 2.75) is 63.3 Å². The van der Waals surface area contributed by atoms with E-state index in [0.29, 0.717) is 11.3 Å². The molecule has 40 heavy (non-hydrogen) atoms. The smallest absolute Gasteiger partial charge is 0.255 e. The minimum absolute atomic E-state index is 0.00793. The number of carbonyl (C=O) groups excluding carboxylic acids is 3. The summed E-state index contributed by atoms with van der Waals surface area (Å²) in [7, 11) is 4.72. The minimum Gasteiger partial charge on any atom is -0.510 e. The fourth-order valence-corrected chi connectivity index (χ4v) is 7.55. The van der Waals surface area contributed by atoms with Crippen LogP contribution in [0.4, 0.5) is 0 Å². The molecule has 0 spiro atoms. The van der Waals surface area contributed by atoms with E-state index in [9.17, 15) is 34.8 Å². The van der Waals surface area contributed by atoms with Gasteiger partial charge in [-0.1, -0.05) is 0 Å². The lowest BCUT2D eigenvalue weighted by atomic mass is 9.58. The number of methoxy groups -OCH3 is 1. The highest BCUT2D eigenvalue weighted by Crippen LogP contribution is 2.54. The summed E-state index contributed by atoms with van der Waals surface area (Å²) in [6.07, 6.45) is 2.07. The number of hydrogen-bond acceptors (Lipinski definition) is 10. The van der Waals surface area contributed by atoms with Crippen molar-refractivity contribution in [2.75, 3.05) is 27.7 Å². The summed E-state index contributed by atoms with van der Waals surface area (Å²) in [5.74, 6) is -6.20. The van der Waals surface area contributed by atoms with Crippen molar-refractivity contribution in [3.8, 4) is 11.5 Å². The highest BCUT2D eigenvalue weighted by molar-refractivity contribution is 6.24. The zero-order chi connectivity index (χ0) is 29.4. The van der Waals surface area contributed by atoms with Crippen LogP contribution in [0.15, 0.2) is 28.7 Å². The van der Waals surface area contributed by atoms with E-state index < -0.39 is 58.0 Å². The molecule has 1 fully saturated rings. The molecule has 1 aromatic carbocycles. The molecule has 216 valence electrons. The van der Waals surface area contributed by atoms with Crippen LogP contribution >= 0.6 is 0 Å². The van der Waals surface area contributed by atoms with Gasteiger partial charge in [-0.2, -0.15) is 0 Å². The van der Waals surface area contributed by atoms with Gasteiger partial charge >= 0.3 is 0 Å². The predicted octanol–water partition coefficient (Wildman–Crippen LogP) is 1.67. The van der Waals surface area contributed by atoms with Crippen molar-refractivity contribution in [3.63, 3.8) is 0 Å². The van der Waals surface area contributed by atoms with Crippen molar-refractivity contribution in [1.82, 2.24) is 9.80 Å². The van der Waals surface area contributed by atoms with Crippen LogP contribution in [0, 0.1) is 11.8 Å². The standard InChI is InChI=1S/C29H37N3O8/c1-12(2)32-8-6-7-17(32)14-11-18(33)20-15(25(14)40-5)9-13-10-16-22(31(3)4)24(35)21(28(30)38)27(37)29(16,39)26(36)19(13)23(20)34/h11-13,16-17,22,33,35-36,39H,6-10H2,1-5H3,(H2,30,38)/t13-,16-,17?,22-,29-/m0/s1. The van der Waals surface area contributed by atoms with Crippen molar-refractivity contribution in [2.24, 2.45) is 17.6 Å². The Morgan fingerprint density at radius 3 is 2.48 bits per heavy atom. The van der Waals surface area contributed by atoms with E-state index in [0.717, 1.165) is 24.9 Å². The minimum atomic E-state index is -2.66. The van der Waals surface area contributed by atoms with Crippen LogP contribution in [-0.4, -0.2) is 93.1 Å². The summed E-state index contributed by atoms with van der Waals surface area (Å²) in [5, 5.41) is 45.3. The van der Waals surface area contributed by atoms with Crippen LogP contribution in [0.3, 0.4) is 0 Å². The molecule has 11 heteroatoms. The molecular formula is C29H37N3O8. The number of aliphatic hydroxyl groups excluding tert-OH is 2. The van der Waals surface area contributed by atoms with E-state index >= 15 is 0 Å². The van der Waals surface area contributed by atoms with Gasteiger partial charge in [0.25, 0.3) is 5.91 Å². The molecule has 1 unspecified atom stereocenters. The lowest BCUT2D eigenvalue weighted by Crippen LogP contribution is -2.63. The molecule has 3 aliphatic carbocycles. The first kappa shape index (κ1) is 28.1. The Bertz CT molecular complexity index is 1380. The summed E-state index contributed by atoms with van der Waals surface area (Å²) < 4.78 is 5.88. The van der Waals surface area contributed by atoms with Crippen LogP contribution in [0.25, 0.3) is 0 Å². The number of ether oxygens (including phenoxy) is 1. The van der Waals surface area contributed by atoms with Gasteiger partial charge < -0.3 is 30.9 Å². The zero-order valence-corrected chi connectivity index (χ0v) is 23.4. The number of allylic oxidation sites excluding steroid dienone is 1. The van der Waals surface area contributed by atoms with Crippen LogP contribution in [0.2, 0.25) is 0 Å². The van der Waals surface area contributed by atoms with Gasteiger partial charge in [-0.05, 0) is 72.2 Å². The predicted molar refractivity (Wildman–Crippen MR) is 144 cm³/mol. The second kappa shape index (κ2) is 9.60. The Morgan fingerprint density at radius 2 is 1.90 bits per heavy atom. The number of rotatable bonds is 5. The molecule has 5 rings (SSSR count). The quantitative estimate of drug-likeness (QED) is 0.336. The van der Waals surface area contributed by atoms with Crippen LogP contribution in [-0.2, 0) is 16.0 Å². The van der Waals surface area contributed by atoms with Gasteiger partial charge in [-0.3, -0.25) is 24.2 Å². The Labute approximate surface area is 232 Å². The van der Waals surface area contributed by atoms with Gasteiger partial charge in [-0.15, -0.1) is 0 Å². The molecule has 1 aromatic rings. The second-order valence-electron chi connectivity index (χ2n) is 11.8. The molecule has 0 bridgehead atoms. The van der Waals surface area contributed by atoms with E-state index in [-0.39, 0.29) is 41.8 Å². The number of carbonyl (C=O) groups is 3. The number of nitrogens with two attached hydrogens (primary N) is 1. The third-order valence-corrected chi connectivity index (χ3v) is 9.22. The summed E-state index contributed by atoms with van der Waals surface area (Å²) >= 11 is 0. The van der Waals surface area contributed by atoms with Crippen molar-refractivity contribution in [1.29, 1.82) is 0 Å². The topological polar surface area (TPSA) is 174 Å². The highest BCUT2D eigenvalue weighted by atomic mass is 16.5. The molecule has 5 atom stereocenters. The van der Waals surface area contributed by atoms with Gasteiger partial charge in [-0.25, -0.2) is 0 Å². The molecule has 1 saturated heterocycles. The number of phenols is 1. The fraction of sp³-hybridized carbons (Fsp3) is 0.552. The van der Waals surface area contributed by atoms with Crippen molar-refractivity contribution in [3.05, 3.63) is 45.4 Å². The first-order chi connectivity index (χ1) is 18.8. The van der Waals surface area contributed by atoms with Crippen LogP contribution in [0.5, 0.6) is 11.5 Å². The number of aromatic hydroxyl groups is 1. The lowest BCUT2D eigenvalue weighted by Gasteiger charge is -2.50. The van der Waals surface area contributed by atoms with E-state index in [4.69, 9.17) is 10.5 Å². The first-order valence-electron chi connectivity index (χ1n) is 13.6. The fourth-order valence-electron chi connectivity index (χ4n) is 7.55. The molecule has 4 aliphatic rings. The van der Waals surface area contributed by atoms with E-state index in [2.05, 4.69) is 18.7 Å². The second-order valence-corrected chi connectivity index (χ2v) is 11.8. The number of aliphatic hydroxyl groups is 3. The van der Waals surface area contributed by atoms with E-state index in [1.807, 2.05) is 0 Å². The average Bonchev–Trinajstić information content (AvgIpc) is 3.36. The van der Waals surface area contributed by atoms with E-state index in [1.165, 1.54) is 12.0 Å². The molecule has 0 saturated carbocycles. The molecule has 0 aromatic heterocycles. The number of amides is 1. The molecule has 11 nitrogen and oxygen atoms in total. The summed E-state index contributed by atoms with van der Waals surface area (Å²) in [6, 6.07) is 0.757. The summed E-state index contributed by atoms with van der Waals surface area (Å²) in [6.45, 7) is 5.11. The largest absolute Gasteiger partial charge is 0.510 e. The van der Waals surface area contributed by atoms with Crippen molar-refractivity contribution < 1.29 is 39.5 Å². The maximum absolute atomic E-state index is 13.9. The Kier molecular flexibility index (Phi) is 6.75. The Morgan fingerprint density at radius 1 is 1.23 bits per heavy atom. The SMILES string of the molecule is COc1c(C2CCCN2C(C)C)cc(O)c2c1C[C@H]1C[C@H]3[C@H](N(C)C)C(O)=C(C(N)=O)C(=O)[C@@]3(O)C(O)=C1C2=O. The molecule has 0 radical (unpaired) electrons. The number of phenolic OH excluding ortho intramolecular Hbond substituents is 1. The van der Waals surface area contributed by atoms with Gasteiger partial charge in [0, 0.05) is 34.7 Å². The zero-order valence-electron chi connectivity index (χ0n) is 23.4. The third-order valence-electron chi connectivity index (χ3n) is 9.22. The number of likely N-dealkylation sites (tertiary alicyclic amines) is 1. The van der Waals surface area contributed by atoms with Gasteiger partial charge in [0.1, 0.15) is 28.6 Å². The Balaban J connectivity index is 1.69. The van der Waals surface area contributed by atoms with Gasteiger partial charge in [0.05, 0.1) is 18.7 Å². The Hall–Kier alpha value is -3.41. The molecule has 1 aliphatic heterocycles. The number of Topliss-reactive ketones (excluding diaryl/α,β-unsaturated/α-hetero) is 2. The summed E-state index contributed by atoms with van der Waals surface area (Å²) in [4.78, 5) is 43.4. The monoisotopic (exact) mass is 555 g/mol. The van der Waals surface area contributed by atoms with Gasteiger partial charge in [0.15, 0.2) is 11.4 Å². The number of hydrogen-bond donors (Lipinski definition) is 5. The number of fused-ring (bicyclic) bond motifs is 3. The van der Waals surface area contributed by atoms with Crippen LogP contribution < -0.4 is 10.5 Å². The molecular weight excluding hydrogens is 518 g/mol. The number of nitrogens with zero attached hydrogens (tertiary/aromatic N) is 2. The number of ketones is 2. The van der Waals surface area contributed by atoms with E-state index in [1.54, 1.807) is 20.2 Å². The summed E-state index contributed by atoms with van der Waals surface area (Å²) in [5.41, 5.74) is 2.96. The van der Waals surface area contributed by atoms with Crippen molar-refractivity contribution >= 4 is 17.5 Å². The average molecular weight is 556 g/mol. The third kappa shape index (κ3) is 3.71. The molecule has 1 heterocycles. The maximum atomic E-state index is 13.9. The van der Waals surface area contributed by atoms with Crippen LogP contribution in [0.1, 0.15) is 60.6 Å². The molecule has 1 amide bonds.